The maximum Gasteiger partial charge on any atom is 0.222 e. The van der Waals surface area contributed by atoms with Gasteiger partial charge in [0.2, 0.25) is 11.8 Å². The van der Waals surface area contributed by atoms with E-state index in [0.717, 1.165) is 0 Å². The summed E-state index contributed by atoms with van der Waals surface area (Å²) in [5, 5.41) is 2.84. The second-order valence-corrected chi connectivity index (χ2v) is 6.56. The van der Waals surface area contributed by atoms with Crippen LogP contribution in [0, 0.1) is 0 Å². The number of nitrogens with two attached hydrogens (primary N) is 1. The van der Waals surface area contributed by atoms with Crippen molar-refractivity contribution in [3.63, 3.8) is 0 Å². The Kier molecular flexibility index (Phi) is 8.22. The van der Waals surface area contributed by atoms with Gasteiger partial charge in [0, 0.05) is 43.9 Å². The number of nitrogens with one attached hydrogen (secondary N) is 1. The Morgan fingerprint density at radius 1 is 1.21 bits per heavy atom. The quantitative estimate of drug-likeness (QED) is 0.821. The van der Waals surface area contributed by atoms with Gasteiger partial charge >= 0.3 is 0 Å². The van der Waals surface area contributed by atoms with Crippen LogP contribution in [0.2, 0.25) is 0 Å². The second-order valence-electron chi connectivity index (χ2n) is 6.56. The lowest BCUT2D eigenvalue weighted by molar-refractivity contribution is -0.130. The molecule has 0 saturated carbocycles. The average Bonchev–Trinajstić information content (AvgIpc) is 2.89. The molecule has 1 aliphatic rings. The SMILES string of the molecule is CC(C)NC(=O)CCCC(=O)N1C[C@@H](N)[C@H](c2ccccc2)C1.Cl. The van der Waals surface area contributed by atoms with Crippen molar-refractivity contribution in [1.82, 2.24) is 10.2 Å². The van der Waals surface area contributed by atoms with Crippen LogP contribution in [0.4, 0.5) is 0 Å². The molecule has 24 heavy (non-hydrogen) atoms. The predicted molar refractivity (Wildman–Crippen MR) is 98.1 cm³/mol. The maximum absolute atomic E-state index is 12.3. The van der Waals surface area contributed by atoms with Crippen molar-refractivity contribution in [2.45, 2.75) is 51.1 Å². The van der Waals surface area contributed by atoms with Crippen LogP contribution in [0.3, 0.4) is 0 Å². The number of likely N-dealkylation sites (tertiary alicyclic amines) is 1. The van der Waals surface area contributed by atoms with Crippen LogP contribution >= 0.6 is 12.4 Å². The third-order valence-corrected chi connectivity index (χ3v) is 4.19. The molecule has 1 aromatic rings. The molecular weight excluding hydrogens is 326 g/mol. The zero-order chi connectivity index (χ0) is 16.8. The van der Waals surface area contributed by atoms with E-state index in [0.29, 0.717) is 32.4 Å². The van der Waals surface area contributed by atoms with E-state index in [9.17, 15) is 9.59 Å². The highest BCUT2D eigenvalue weighted by molar-refractivity contribution is 5.85. The zero-order valence-electron chi connectivity index (χ0n) is 14.4. The lowest BCUT2D eigenvalue weighted by Crippen LogP contribution is -2.33. The third kappa shape index (κ3) is 5.80. The summed E-state index contributed by atoms with van der Waals surface area (Å²) in [7, 11) is 0. The Hall–Kier alpha value is -1.59. The van der Waals surface area contributed by atoms with Crippen LogP contribution in [-0.4, -0.2) is 41.9 Å². The first-order valence-electron chi connectivity index (χ1n) is 8.35. The summed E-state index contributed by atoms with van der Waals surface area (Å²) < 4.78 is 0. The van der Waals surface area contributed by atoms with E-state index in [1.807, 2.05) is 36.9 Å². The van der Waals surface area contributed by atoms with E-state index < -0.39 is 0 Å². The molecule has 2 atom stereocenters. The van der Waals surface area contributed by atoms with E-state index >= 15 is 0 Å². The fourth-order valence-electron chi connectivity index (χ4n) is 3.04. The molecule has 1 saturated heterocycles. The molecule has 0 radical (unpaired) electrons. The molecule has 3 N–H and O–H groups in total. The van der Waals surface area contributed by atoms with Crippen molar-refractivity contribution in [1.29, 1.82) is 0 Å². The molecule has 0 aliphatic carbocycles. The van der Waals surface area contributed by atoms with Gasteiger partial charge in [-0.1, -0.05) is 30.3 Å². The summed E-state index contributed by atoms with van der Waals surface area (Å²) in [5.41, 5.74) is 7.40. The standard InChI is InChI=1S/C18H27N3O2.ClH/c1-13(2)20-17(22)9-6-10-18(23)21-11-15(16(19)12-21)14-7-4-3-5-8-14;/h3-5,7-8,13,15-16H,6,9-12,19H2,1-2H3,(H,20,22);1H/t15-,16+;/m0./s1. The molecule has 134 valence electrons. The lowest BCUT2D eigenvalue weighted by atomic mass is 9.95. The highest BCUT2D eigenvalue weighted by Gasteiger charge is 2.33. The Morgan fingerprint density at radius 3 is 2.50 bits per heavy atom. The van der Waals surface area contributed by atoms with Gasteiger partial charge in [-0.3, -0.25) is 9.59 Å². The van der Waals surface area contributed by atoms with E-state index in [1.165, 1.54) is 5.56 Å². The van der Waals surface area contributed by atoms with E-state index in [-0.39, 0.29) is 42.2 Å². The van der Waals surface area contributed by atoms with E-state index in [4.69, 9.17) is 5.73 Å². The number of carbonyl (C=O) groups excluding carboxylic acids is 2. The lowest BCUT2D eigenvalue weighted by Gasteiger charge is -2.16. The summed E-state index contributed by atoms with van der Waals surface area (Å²) in [6.45, 7) is 5.12. The predicted octanol–water partition coefficient (Wildman–Crippen LogP) is 2.06. The van der Waals surface area contributed by atoms with Crippen molar-refractivity contribution in [3.8, 4) is 0 Å². The van der Waals surface area contributed by atoms with Crippen LogP contribution in [0.1, 0.15) is 44.6 Å². The number of amides is 2. The normalized spacial score (nSPS) is 19.9. The molecular formula is C18H28ClN3O2. The van der Waals surface area contributed by atoms with Gasteiger partial charge in [-0.15, -0.1) is 12.4 Å². The molecule has 0 spiro atoms. The Morgan fingerprint density at radius 2 is 1.88 bits per heavy atom. The molecule has 1 fully saturated rings. The van der Waals surface area contributed by atoms with Gasteiger partial charge in [0.25, 0.3) is 0 Å². The molecule has 0 aromatic heterocycles. The summed E-state index contributed by atoms with van der Waals surface area (Å²) in [5.74, 6) is 0.300. The minimum absolute atomic E-state index is 0. The largest absolute Gasteiger partial charge is 0.354 e. The van der Waals surface area contributed by atoms with Crippen LogP contribution < -0.4 is 11.1 Å². The molecule has 6 heteroatoms. The monoisotopic (exact) mass is 353 g/mol. The molecule has 5 nitrogen and oxygen atoms in total. The number of carbonyl (C=O) groups is 2. The smallest absolute Gasteiger partial charge is 0.222 e. The first kappa shape index (κ1) is 20.5. The van der Waals surface area contributed by atoms with Gasteiger partial charge in [0.15, 0.2) is 0 Å². The Bertz CT molecular complexity index is 536. The van der Waals surface area contributed by atoms with Gasteiger partial charge < -0.3 is 16.0 Å². The van der Waals surface area contributed by atoms with Gasteiger partial charge in [-0.25, -0.2) is 0 Å². The number of hydrogen-bond acceptors (Lipinski definition) is 3. The molecule has 2 rings (SSSR count). The van der Waals surface area contributed by atoms with Gasteiger partial charge in [0.1, 0.15) is 0 Å². The molecule has 1 heterocycles. The van der Waals surface area contributed by atoms with Crippen LogP contribution in [0.15, 0.2) is 30.3 Å². The van der Waals surface area contributed by atoms with Crippen LogP contribution in [-0.2, 0) is 9.59 Å². The third-order valence-electron chi connectivity index (χ3n) is 4.19. The number of benzene rings is 1. The topological polar surface area (TPSA) is 75.4 Å². The Balaban J connectivity index is 0.00000288. The summed E-state index contributed by atoms with van der Waals surface area (Å²) >= 11 is 0. The van der Waals surface area contributed by atoms with Crippen molar-refractivity contribution in [2.24, 2.45) is 5.73 Å². The summed E-state index contributed by atoms with van der Waals surface area (Å²) in [4.78, 5) is 25.7. The maximum atomic E-state index is 12.3. The van der Waals surface area contributed by atoms with E-state index in [2.05, 4.69) is 17.4 Å². The van der Waals surface area contributed by atoms with Crippen molar-refractivity contribution >= 4 is 24.2 Å². The average molecular weight is 354 g/mol. The molecule has 1 aromatic carbocycles. The molecule has 1 aliphatic heterocycles. The van der Waals surface area contributed by atoms with Crippen molar-refractivity contribution < 1.29 is 9.59 Å². The second kappa shape index (κ2) is 9.64. The first-order chi connectivity index (χ1) is 11.0. The van der Waals surface area contributed by atoms with Gasteiger partial charge in [-0.2, -0.15) is 0 Å². The molecule has 0 unspecified atom stereocenters. The number of nitrogens with zero attached hydrogens (tertiary/aromatic N) is 1. The molecule has 2 amide bonds. The van der Waals surface area contributed by atoms with Crippen LogP contribution in [0.25, 0.3) is 0 Å². The van der Waals surface area contributed by atoms with Crippen LogP contribution in [0.5, 0.6) is 0 Å². The zero-order valence-corrected chi connectivity index (χ0v) is 15.2. The summed E-state index contributed by atoms with van der Waals surface area (Å²) in [6.07, 6.45) is 1.38. The highest BCUT2D eigenvalue weighted by Crippen LogP contribution is 2.26. The summed E-state index contributed by atoms with van der Waals surface area (Å²) in [6, 6.07) is 10.2. The molecule has 0 bridgehead atoms. The minimum Gasteiger partial charge on any atom is -0.354 e. The van der Waals surface area contributed by atoms with Gasteiger partial charge in [0.05, 0.1) is 0 Å². The minimum atomic E-state index is -0.0226. The Labute approximate surface area is 150 Å². The van der Waals surface area contributed by atoms with Gasteiger partial charge in [-0.05, 0) is 25.8 Å². The first-order valence-corrected chi connectivity index (χ1v) is 8.35. The number of halogens is 1. The van der Waals surface area contributed by atoms with Crippen molar-refractivity contribution in [2.75, 3.05) is 13.1 Å². The fraction of sp³-hybridized carbons (Fsp3) is 0.556. The number of hydrogen-bond donors (Lipinski definition) is 2. The highest BCUT2D eigenvalue weighted by atomic mass is 35.5. The fourth-order valence-corrected chi connectivity index (χ4v) is 3.04. The van der Waals surface area contributed by atoms with E-state index in [1.54, 1.807) is 0 Å². The number of rotatable bonds is 6. The van der Waals surface area contributed by atoms with Crippen molar-refractivity contribution in [3.05, 3.63) is 35.9 Å².